The number of para-hydroxylation sites is 1. The summed E-state index contributed by atoms with van der Waals surface area (Å²) in [4.78, 5) is 18.9. The van der Waals surface area contributed by atoms with Crippen LogP contribution in [0.2, 0.25) is 0 Å². The number of thiazole rings is 1. The fourth-order valence-electron chi connectivity index (χ4n) is 4.33. The second-order valence-electron chi connectivity index (χ2n) is 8.83. The maximum Gasteiger partial charge on any atom is 0.266 e. The molecule has 0 amide bonds. The van der Waals surface area contributed by atoms with Gasteiger partial charge in [-0.2, -0.15) is 10.4 Å². The molecule has 6 nitrogen and oxygen atoms in total. The van der Waals surface area contributed by atoms with Gasteiger partial charge in [-0.05, 0) is 48.9 Å². The molecule has 0 radical (unpaired) electrons. The molecule has 3 heterocycles. The van der Waals surface area contributed by atoms with Crippen LogP contribution in [-0.4, -0.2) is 19.2 Å². The average molecular weight is 512 g/mol. The summed E-state index contributed by atoms with van der Waals surface area (Å²) in [6.07, 6.45) is 7.55. The van der Waals surface area contributed by atoms with Gasteiger partial charge in [0.2, 0.25) is 0 Å². The fraction of sp³-hybridized carbons (Fsp3) is 0.0323. The van der Waals surface area contributed by atoms with Gasteiger partial charge in [-0.1, -0.05) is 60.2 Å². The van der Waals surface area contributed by atoms with Crippen molar-refractivity contribution in [2.24, 2.45) is 0 Å². The lowest BCUT2D eigenvalue weighted by atomic mass is 10.0. The molecule has 7 heteroatoms. The van der Waals surface area contributed by atoms with Gasteiger partial charge in [0.05, 0.1) is 34.3 Å². The van der Waals surface area contributed by atoms with E-state index in [1.54, 1.807) is 34.9 Å². The Hall–Kier alpha value is -5.06. The third-order valence-corrected chi connectivity index (χ3v) is 7.06. The van der Waals surface area contributed by atoms with Gasteiger partial charge in [0.15, 0.2) is 4.96 Å². The second-order valence-corrected chi connectivity index (χ2v) is 9.71. The van der Waals surface area contributed by atoms with Crippen LogP contribution in [0.4, 0.5) is 0 Å². The number of hydrogen-bond acceptors (Lipinski definition) is 5. The molecule has 3 aromatic carbocycles. The first kappa shape index (κ1) is 23.3. The molecule has 0 saturated carbocycles. The molecule has 6 aromatic rings. The third-order valence-electron chi connectivity index (χ3n) is 6.31. The summed E-state index contributed by atoms with van der Waals surface area (Å²) in [6, 6.07) is 27.4. The van der Waals surface area contributed by atoms with Gasteiger partial charge < -0.3 is 0 Å². The van der Waals surface area contributed by atoms with Gasteiger partial charge in [0, 0.05) is 28.9 Å². The minimum Gasteiger partial charge on any atom is -0.268 e. The predicted molar refractivity (Wildman–Crippen MR) is 152 cm³/mol. The summed E-state index contributed by atoms with van der Waals surface area (Å²) >= 11 is 1.41. The van der Waals surface area contributed by atoms with Crippen LogP contribution in [0, 0.1) is 18.3 Å². The van der Waals surface area contributed by atoms with Crippen LogP contribution >= 0.6 is 11.3 Å². The van der Waals surface area contributed by atoms with Crippen molar-refractivity contribution in [3.63, 3.8) is 0 Å². The van der Waals surface area contributed by atoms with Crippen LogP contribution in [0.15, 0.2) is 101 Å². The number of nitrogens with zero attached hydrogens (tertiary/aromatic N) is 5. The Kier molecular flexibility index (Phi) is 6.00. The number of rotatable bonds is 5. The van der Waals surface area contributed by atoms with Crippen LogP contribution in [0.5, 0.6) is 0 Å². The molecule has 0 atom stereocenters. The molecule has 3 aromatic heterocycles. The topological polar surface area (TPSA) is 76.0 Å². The maximum absolute atomic E-state index is 13.5. The number of aryl methyl sites for hydroxylation is 1. The molecular formula is C31H21N5OS. The second kappa shape index (κ2) is 9.77. The van der Waals surface area contributed by atoms with Crippen LogP contribution < -0.4 is 5.56 Å². The Labute approximate surface area is 223 Å². The van der Waals surface area contributed by atoms with E-state index >= 15 is 0 Å². The first-order valence-corrected chi connectivity index (χ1v) is 12.9. The number of fused-ring (bicyclic) bond motifs is 1. The molecule has 38 heavy (non-hydrogen) atoms. The average Bonchev–Trinajstić information content (AvgIpc) is 3.61. The molecular weight excluding hydrogens is 490 g/mol. The standard InChI is InChI=1S/C31H21N5OS/c1-21-7-11-24(12-8-21)29-25(20-36(34-29)26-5-3-2-4-6-26)15-16-27-28(23-13-9-22(19-32)10-14-23)30(37)35-17-18-38-31(35)33-27/h2-18,20H,1H3/b16-15+. The van der Waals surface area contributed by atoms with Crippen molar-refractivity contribution in [1.29, 1.82) is 5.26 Å². The van der Waals surface area contributed by atoms with Crippen molar-refractivity contribution < 1.29 is 0 Å². The molecule has 0 unspecified atom stereocenters. The molecule has 0 aliphatic heterocycles. The van der Waals surface area contributed by atoms with Crippen molar-refractivity contribution in [2.45, 2.75) is 6.92 Å². The van der Waals surface area contributed by atoms with Gasteiger partial charge in [-0.25, -0.2) is 9.67 Å². The fourth-order valence-corrected chi connectivity index (χ4v) is 5.04. The lowest BCUT2D eigenvalue weighted by Crippen LogP contribution is -2.16. The monoisotopic (exact) mass is 511 g/mol. The molecule has 182 valence electrons. The Morgan fingerprint density at radius 1 is 0.921 bits per heavy atom. The molecule has 0 fully saturated rings. The quantitative estimate of drug-likeness (QED) is 0.260. The van der Waals surface area contributed by atoms with Crippen LogP contribution in [0.3, 0.4) is 0 Å². The van der Waals surface area contributed by atoms with Crippen molar-refractivity contribution in [3.05, 3.63) is 129 Å². The highest BCUT2D eigenvalue weighted by Crippen LogP contribution is 2.28. The summed E-state index contributed by atoms with van der Waals surface area (Å²) in [6.45, 7) is 2.06. The largest absolute Gasteiger partial charge is 0.268 e. The molecule has 6 rings (SSSR count). The lowest BCUT2D eigenvalue weighted by Gasteiger charge is -2.07. The van der Waals surface area contributed by atoms with E-state index in [4.69, 9.17) is 10.1 Å². The van der Waals surface area contributed by atoms with E-state index in [0.717, 1.165) is 22.5 Å². The predicted octanol–water partition coefficient (Wildman–Crippen LogP) is 6.63. The zero-order valence-corrected chi connectivity index (χ0v) is 21.3. The Morgan fingerprint density at radius 2 is 1.66 bits per heavy atom. The normalized spacial score (nSPS) is 11.3. The smallest absolute Gasteiger partial charge is 0.266 e. The van der Waals surface area contributed by atoms with Crippen molar-refractivity contribution in [3.8, 4) is 34.1 Å². The maximum atomic E-state index is 13.5. The first-order valence-electron chi connectivity index (χ1n) is 12.0. The van der Waals surface area contributed by atoms with E-state index in [0.29, 0.717) is 27.3 Å². The number of nitriles is 1. The van der Waals surface area contributed by atoms with E-state index in [-0.39, 0.29) is 5.56 Å². The highest BCUT2D eigenvalue weighted by molar-refractivity contribution is 7.15. The Bertz CT molecular complexity index is 1890. The minimum absolute atomic E-state index is 0.153. The third kappa shape index (κ3) is 4.34. The van der Waals surface area contributed by atoms with E-state index < -0.39 is 0 Å². The molecule has 0 aliphatic carbocycles. The van der Waals surface area contributed by atoms with E-state index in [9.17, 15) is 10.1 Å². The van der Waals surface area contributed by atoms with Crippen LogP contribution in [-0.2, 0) is 0 Å². The van der Waals surface area contributed by atoms with E-state index in [1.807, 2.05) is 58.7 Å². The Balaban J connectivity index is 1.51. The zero-order chi connectivity index (χ0) is 26.1. The van der Waals surface area contributed by atoms with Crippen molar-refractivity contribution >= 4 is 28.4 Å². The van der Waals surface area contributed by atoms with Crippen LogP contribution in [0.25, 0.3) is 45.2 Å². The zero-order valence-electron chi connectivity index (χ0n) is 20.4. The first-order chi connectivity index (χ1) is 18.6. The van der Waals surface area contributed by atoms with Crippen molar-refractivity contribution in [2.75, 3.05) is 0 Å². The van der Waals surface area contributed by atoms with Gasteiger partial charge in [0.25, 0.3) is 5.56 Å². The SMILES string of the molecule is Cc1ccc(-c2nn(-c3ccccc3)cc2/C=C/c2nc3sccn3c(=O)c2-c2ccc(C#N)cc2)cc1. The molecule has 0 aliphatic rings. The summed E-state index contributed by atoms with van der Waals surface area (Å²) in [7, 11) is 0. The summed E-state index contributed by atoms with van der Waals surface area (Å²) in [5, 5.41) is 16.0. The summed E-state index contributed by atoms with van der Waals surface area (Å²) in [5.41, 5.74) is 6.99. The Morgan fingerprint density at radius 3 is 2.39 bits per heavy atom. The molecule has 0 spiro atoms. The van der Waals surface area contributed by atoms with Gasteiger partial charge in [0.1, 0.15) is 0 Å². The van der Waals surface area contributed by atoms with Gasteiger partial charge in [-0.15, -0.1) is 11.3 Å². The number of hydrogen-bond donors (Lipinski definition) is 0. The molecule has 0 bridgehead atoms. The molecule has 0 saturated heterocycles. The van der Waals surface area contributed by atoms with E-state index in [1.165, 1.54) is 16.9 Å². The molecule has 0 N–H and O–H groups in total. The van der Waals surface area contributed by atoms with Crippen molar-refractivity contribution in [1.82, 2.24) is 19.2 Å². The lowest BCUT2D eigenvalue weighted by molar-refractivity contribution is 0.884. The minimum atomic E-state index is -0.153. The van der Waals surface area contributed by atoms with E-state index in [2.05, 4.69) is 37.3 Å². The summed E-state index contributed by atoms with van der Waals surface area (Å²) < 4.78 is 3.42. The van der Waals surface area contributed by atoms with Gasteiger partial charge >= 0.3 is 0 Å². The number of aromatic nitrogens is 4. The van der Waals surface area contributed by atoms with Gasteiger partial charge in [-0.3, -0.25) is 9.20 Å². The highest BCUT2D eigenvalue weighted by Gasteiger charge is 2.15. The number of benzene rings is 3. The summed E-state index contributed by atoms with van der Waals surface area (Å²) in [5.74, 6) is 0. The highest BCUT2D eigenvalue weighted by atomic mass is 32.1. The van der Waals surface area contributed by atoms with Crippen LogP contribution in [0.1, 0.15) is 22.4 Å².